The predicted octanol–water partition coefficient (Wildman–Crippen LogP) is 2.93. The van der Waals surface area contributed by atoms with Crippen LogP contribution in [0.5, 0.6) is 0 Å². The van der Waals surface area contributed by atoms with Gasteiger partial charge in [0, 0.05) is 11.5 Å². The lowest BCUT2D eigenvalue weighted by molar-refractivity contribution is -0.125. The molecule has 2 nitrogen and oxygen atoms in total. The maximum Gasteiger partial charge on any atom is 0.233 e. The van der Waals surface area contributed by atoms with Crippen LogP contribution in [0.25, 0.3) is 0 Å². The molecule has 0 bridgehead atoms. The third kappa shape index (κ3) is 0.992. The molecule has 1 aromatic carbocycles. The first-order chi connectivity index (χ1) is 8.51. The van der Waals surface area contributed by atoms with Gasteiger partial charge in [0.15, 0.2) is 0 Å². The lowest BCUT2D eigenvalue weighted by atomic mass is 9.59. The molecular weight excluding hydrogens is 222 g/mol. The monoisotopic (exact) mass is 241 g/mol. The van der Waals surface area contributed by atoms with E-state index < -0.39 is 0 Å². The summed E-state index contributed by atoms with van der Waals surface area (Å²) >= 11 is 0. The van der Waals surface area contributed by atoms with Crippen molar-refractivity contribution in [1.29, 1.82) is 0 Å². The number of para-hydroxylation sites is 1. The van der Waals surface area contributed by atoms with E-state index >= 15 is 0 Å². The summed E-state index contributed by atoms with van der Waals surface area (Å²) in [6.45, 7) is 6.39. The largest absolute Gasteiger partial charge is 0.308 e. The van der Waals surface area contributed by atoms with E-state index in [9.17, 15) is 4.79 Å². The Bertz CT molecular complexity index is 560. The molecule has 1 saturated carbocycles. The maximum atomic E-state index is 12.7. The highest BCUT2D eigenvalue weighted by molar-refractivity contribution is 6.03. The standard InChI is InChI=1S/C16H19NO/c1-9-5-4-6-10-7-11-8-12-14(11)17(13(9)10)15(18)16(12,2)3/h4-6,11-12,14H,7-8H2,1-3H3/t11-,12+,14-/m0/s1. The molecule has 1 saturated heterocycles. The average molecular weight is 241 g/mol. The van der Waals surface area contributed by atoms with Crippen molar-refractivity contribution in [3.63, 3.8) is 0 Å². The van der Waals surface area contributed by atoms with Crippen LogP contribution in [0, 0.1) is 24.2 Å². The molecule has 1 aliphatic carbocycles. The fraction of sp³-hybridized carbons (Fsp3) is 0.562. The minimum atomic E-state index is -0.162. The fourth-order valence-electron chi connectivity index (χ4n) is 4.42. The number of carbonyl (C=O) groups is 1. The molecular formula is C16H19NO. The number of carbonyl (C=O) groups excluding carboxylic acids is 1. The van der Waals surface area contributed by atoms with Gasteiger partial charge in [-0.25, -0.2) is 0 Å². The Morgan fingerprint density at radius 2 is 2.11 bits per heavy atom. The zero-order chi connectivity index (χ0) is 12.7. The van der Waals surface area contributed by atoms with Crippen LogP contribution in [-0.2, 0) is 11.2 Å². The third-order valence-electron chi connectivity index (χ3n) is 5.49. The van der Waals surface area contributed by atoms with E-state index in [1.807, 2.05) is 0 Å². The van der Waals surface area contributed by atoms with Gasteiger partial charge in [-0.3, -0.25) is 4.79 Å². The quantitative estimate of drug-likeness (QED) is 0.684. The Morgan fingerprint density at radius 3 is 2.89 bits per heavy atom. The Balaban J connectivity index is 1.94. The molecule has 1 aromatic rings. The first-order valence-corrected chi connectivity index (χ1v) is 6.94. The summed E-state index contributed by atoms with van der Waals surface area (Å²) in [6.07, 6.45) is 2.39. The van der Waals surface area contributed by atoms with Gasteiger partial charge in [-0.15, -0.1) is 0 Å². The molecule has 2 heteroatoms. The second kappa shape index (κ2) is 2.98. The number of hydrogen-bond acceptors (Lipinski definition) is 1. The molecule has 0 spiro atoms. The van der Waals surface area contributed by atoms with Crippen LogP contribution in [0.2, 0.25) is 0 Å². The van der Waals surface area contributed by atoms with E-state index in [2.05, 4.69) is 43.9 Å². The topological polar surface area (TPSA) is 20.3 Å². The Kier molecular flexibility index (Phi) is 1.76. The van der Waals surface area contributed by atoms with E-state index in [1.165, 1.54) is 23.2 Å². The molecule has 0 N–H and O–H groups in total. The van der Waals surface area contributed by atoms with Crippen molar-refractivity contribution in [3.8, 4) is 0 Å². The fourth-order valence-corrected chi connectivity index (χ4v) is 4.42. The first kappa shape index (κ1) is 10.6. The summed E-state index contributed by atoms with van der Waals surface area (Å²) in [5.74, 6) is 1.62. The van der Waals surface area contributed by atoms with Gasteiger partial charge >= 0.3 is 0 Å². The molecule has 1 amide bonds. The molecule has 18 heavy (non-hydrogen) atoms. The normalized spacial score (nSPS) is 34.9. The average Bonchev–Trinajstić information content (AvgIpc) is 2.46. The Labute approximate surface area is 108 Å². The summed E-state index contributed by atoms with van der Waals surface area (Å²) in [6, 6.07) is 6.94. The van der Waals surface area contributed by atoms with E-state index in [4.69, 9.17) is 0 Å². The van der Waals surface area contributed by atoms with Gasteiger partial charge in [-0.2, -0.15) is 0 Å². The number of anilines is 1. The van der Waals surface area contributed by atoms with Crippen LogP contribution in [0.3, 0.4) is 0 Å². The lowest BCUT2D eigenvalue weighted by Gasteiger charge is -2.50. The van der Waals surface area contributed by atoms with Gasteiger partial charge in [0.2, 0.25) is 5.91 Å². The zero-order valence-electron chi connectivity index (χ0n) is 11.2. The zero-order valence-corrected chi connectivity index (χ0v) is 11.2. The molecule has 4 rings (SSSR count). The summed E-state index contributed by atoms with van der Waals surface area (Å²) < 4.78 is 0. The number of nitrogens with zero attached hydrogens (tertiary/aromatic N) is 1. The highest BCUT2D eigenvalue weighted by Crippen LogP contribution is 2.59. The van der Waals surface area contributed by atoms with Crippen LogP contribution in [0.15, 0.2) is 18.2 Å². The number of aryl methyl sites for hydroxylation is 1. The van der Waals surface area contributed by atoms with Gasteiger partial charge in [-0.05, 0) is 42.7 Å². The van der Waals surface area contributed by atoms with Crippen molar-refractivity contribution in [2.24, 2.45) is 17.3 Å². The molecule has 2 aliphatic heterocycles. The highest BCUT2D eigenvalue weighted by atomic mass is 16.2. The lowest BCUT2D eigenvalue weighted by Crippen LogP contribution is -2.53. The van der Waals surface area contributed by atoms with Crippen LogP contribution in [0.4, 0.5) is 5.69 Å². The van der Waals surface area contributed by atoms with Crippen molar-refractivity contribution < 1.29 is 4.79 Å². The minimum absolute atomic E-state index is 0.162. The molecule has 94 valence electrons. The van der Waals surface area contributed by atoms with Gasteiger partial charge < -0.3 is 4.90 Å². The number of hydrogen-bond donors (Lipinski definition) is 0. The van der Waals surface area contributed by atoms with Gasteiger partial charge in [0.05, 0.1) is 5.69 Å². The van der Waals surface area contributed by atoms with Crippen molar-refractivity contribution >= 4 is 11.6 Å². The number of amides is 1. The van der Waals surface area contributed by atoms with E-state index in [0.29, 0.717) is 23.8 Å². The van der Waals surface area contributed by atoms with E-state index in [0.717, 1.165) is 6.42 Å². The number of benzene rings is 1. The summed E-state index contributed by atoms with van der Waals surface area (Å²) in [4.78, 5) is 14.9. The Morgan fingerprint density at radius 1 is 1.33 bits per heavy atom. The number of fused-ring (bicyclic) bond motifs is 2. The molecule has 3 aliphatic rings. The van der Waals surface area contributed by atoms with Crippen LogP contribution in [-0.4, -0.2) is 11.9 Å². The van der Waals surface area contributed by atoms with Crippen molar-refractivity contribution in [2.75, 3.05) is 4.90 Å². The van der Waals surface area contributed by atoms with Crippen molar-refractivity contribution in [1.82, 2.24) is 0 Å². The van der Waals surface area contributed by atoms with Crippen molar-refractivity contribution in [3.05, 3.63) is 29.3 Å². The molecule has 0 aromatic heterocycles. The maximum absolute atomic E-state index is 12.7. The molecule has 3 atom stereocenters. The molecule has 0 radical (unpaired) electrons. The third-order valence-corrected chi connectivity index (χ3v) is 5.49. The van der Waals surface area contributed by atoms with E-state index in [-0.39, 0.29) is 5.41 Å². The summed E-state index contributed by atoms with van der Waals surface area (Å²) in [5.41, 5.74) is 3.69. The van der Waals surface area contributed by atoms with E-state index in [1.54, 1.807) is 0 Å². The SMILES string of the molecule is Cc1cccc2c1N1C(=O)C(C)(C)[C@@H]3C[C@H](C2)[C@@H]31. The smallest absolute Gasteiger partial charge is 0.233 e. The Hall–Kier alpha value is -1.31. The van der Waals surface area contributed by atoms with Gasteiger partial charge in [-0.1, -0.05) is 32.0 Å². The predicted molar refractivity (Wildman–Crippen MR) is 71.5 cm³/mol. The van der Waals surface area contributed by atoms with Crippen molar-refractivity contribution in [2.45, 2.75) is 39.7 Å². The molecule has 2 heterocycles. The summed E-state index contributed by atoms with van der Waals surface area (Å²) in [7, 11) is 0. The van der Waals surface area contributed by atoms with Gasteiger partial charge in [0.25, 0.3) is 0 Å². The van der Waals surface area contributed by atoms with Crippen LogP contribution in [0.1, 0.15) is 31.4 Å². The second-order valence-corrected chi connectivity index (χ2v) is 6.78. The highest BCUT2D eigenvalue weighted by Gasteiger charge is 2.64. The minimum Gasteiger partial charge on any atom is -0.308 e. The second-order valence-electron chi connectivity index (χ2n) is 6.78. The molecule has 0 unspecified atom stereocenters. The van der Waals surface area contributed by atoms with Crippen LogP contribution < -0.4 is 4.90 Å². The van der Waals surface area contributed by atoms with Crippen LogP contribution >= 0.6 is 0 Å². The summed E-state index contributed by atoms with van der Waals surface area (Å²) in [5, 5.41) is 0. The molecule has 2 fully saturated rings. The van der Waals surface area contributed by atoms with Gasteiger partial charge in [0.1, 0.15) is 0 Å². The first-order valence-electron chi connectivity index (χ1n) is 6.94. The number of rotatable bonds is 0.